The Morgan fingerprint density at radius 2 is 1.24 bits per heavy atom. The average molecular weight is 433 g/mol. The Kier molecular flexibility index (Phi) is 10.7. The van der Waals surface area contributed by atoms with Gasteiger partial charge in [0, 0.05) is 46.9 Å². The van der Waals surface area contributed by atoms with Gasteiger partial charge in [-0.1, -0.05) is 37.1 Å². The Bertz CT molecular complexity index is 772. The molecule has 2 N–H and O–H groups in total. The first-order chi connectivity index (χ1) is 13.5. The third-order valence-electron chi connectivity index (χ3n) is 4.38. The van der Waals surface area contributed by atoms with Gasteiger partial charge in [0.15, 0.2) is 0 Å². The number of hydrogen-bond acceptors (Lipinski definition) is 6. The Morgan fingerprint density at radius 3 is 1.59 bits per heavy atom. The summed E-state index contributed by atoms with van der Waals surface area (Å²) in [6, 6.07) is 14.6. The summed E-state index contributed by atoms with van der Waals surface area (Å²) in [7, 11) is 0. The van der Waals surface area contributed by atoms with Crippen molar-refractivity contribution in [3.8, 4) is 11.5 Å². The molecule has 2 atom stereocenters. The average Bonchev–Trinajstić information content (AvgIpc) is 2.67. The first kappa shape index (κ1) is 24.4. The van der Waals surface area contributed by atoms with Crippen molar-refractivity contribution in [3.63, 3.8) is 0 Å². The molecule has 2 unspecified atom stereocenters. The molecule has 0 spiro atoms. The molecule has 2 aromatic carbocycles. The largest absolute Gasteiger partial charge is 0.550 e. The Morgan fingerprint density at radius 1 is 0.897 bits per heavy atom. The van der Waals surface area contributed by atoms with Crippen molar-refractivity contribution >= 4 is 18.4 Å². The molecule has 7 heteroatoms. The number of carboxylic acids is 1. The number of phenolic OH excluding ortho intramolecular Hbond substituents is 2. The van der Waals surface area contributed by atoms with Crippen molar-refractivity contribution < 1.29 is 37.5 Å². The molecular formula is C22H25CrN2O4-. The van der Waals surface area contributed by atoms with Gasteiger partial charge >= 0.3 is 0 Å². The Balaban J connectivity index is 0.000000771. The zero-order valence-electron chi connectivity index (χ0n) is 16.3. The summed E-state index contributed by atoms with van der Waals surface area (Å²) < 4.78 is 0. The van der Waals surface area contributed by atoms with Gasteiger partial charge < -0.3 is 20.1 Å². The standard InChI is InChI=1S/C20H22N2O2.C2H4O2.Cr/c23-19-11-5-1-7-15(19)13-21-17-9-3-4-10-18(17)22-14-16-8-2-6-12-20(16)24;1-2(3)4;/h1-2,5-8,11-14,17-18,23-24H,3-4,9-10H2;1H3,(H,3,4);/p-1. The second kappa shape index (κ2) is 12.8. The summed E-state index contributed by atoms with van der Waals surface area (Å²) in [5.41, 5.74) is 1.46. The minimum atomic E-state index is -1.08. The number of aliphatic carboxylic acids is 1. The second-order valence-electron chi connectivity index (χ2n) is 6.58. The van der Waals surface area contributed by atoms with E-state index in [0.717, 1.165) is 43.7 Å². The number of aromatic hydroxyl groups is 2. The topological polar surface area (TPSA) is 105 Å². The van der Waals surface area contributed by atoms with E-state index in [2.05, 4.69) is 9.98 Å². The van der Waals surface area contributed by atoms with E-state index in [1.807, 2.05) is 24.3 Å². The van der Waals surface area contributed by atoms with Gasteiger partial charge in [-0.2, -0.15) is 0 Å². The van der Waals surface area contributed by atoms with Crippen LogP contribution in [0.15, 0.2) is 58.5 Å². The second-order valence-corrected chi connectivity index (χ2v) is 6.58. The van der Waals surface area contributed by atoms with E-state index >= 15 is 0 Å². The minimum Gasteiger partial charge on any atom is -0.550 e. The number of carboxylic acid groups (broad SMARTS) is 1. The number of rotatable bonds is 4. The van der Waals surface area contributed by atoms with Gasteiger partial charge in [0.25, 0.3) is 0 Å². The predicted molar refractivity (Wildman–Crippen MR) is 108 cm³/mol. The number of para-hydroxylation sites is 2. The van der Waals surface area contributed by atoms with E-state index in [9.17, 15) is 10.2 Å². The van der Waals surface area contributed by atoms with Crippen LogP contribution < -0.4 is 5.11 Å². The van der Waals surface area contributed by atoms with Gasteiger partial charge in [0.05, 0.1) is 12.1 Å². The van der Waals surface area contributed by atoms with Crippen LogP contribution in [0.4, 0.5) is 0 Å². The molecule has 0 amide bonds. The summed E-state index contributed by atoms with van der Waals surface area (Å²) in [5, 5.41) is 28.6. The number of hydrogen-bond donors (Lipinski definition) is 2. The number of carbonyl (C=O) groups excluding carboxylic acids is 1. The summed E-state index contributed by atoms with van der Waals surface area (Å²) >= 11 is 0. The van der Waals surface area contributed by atoms with E-state index in [1.54, 1.807) is 36.7 Å². The van der Waals surface area contributed by atoms with E-state index in [4.69, 9.17) is 9.90 Å². The van der Waals surface area contributed by atoms with Crippen LogP contribution in [0.1, 0.15) is 43.7 Å². The molecule has 0 radical (unpaired) electrons. The maximum absolute atomic E-state index is 9.84. The smallest absolute Gasteiger partial charge is 0.124 e. The summed E-state index contributed by atoms with van der Waals surface area (Å²) in [4.78, 5) is 18.2. The molecule has 1 fully saturated rings. The molecular weight excluding hydrogens is 408 g/mol. The molecule has 0 aromatic heterocycles. The first-order valence-electron chi connectivity index (χ1n) is 9.27. The molecule has 1 saturated carbocycles. The fourth-order valence-electron chi connectivity index (χ4n) is 2.98. The van der Waals surface area contributed by atoms with Crippen LogP contribution in [-0.2, 0) is 22.2 Å². The molecule has 1 aliphatic carbocycles. The fourth-order valence-corrected chi connectivity index (χ4v) is 2.98. The minimum absolute atomic E-state index is 0. The van der Waals surface area contributed by atoms with Crippen LogP contribution in [0.5, 0.6) is 11.5 Å². The molecule has 1 aliphatic rings. The van der Waals surface area contributed by atoms with Crippen molar-refractivity contribution in [1.29, 1.82) is 0 Å². The van der Waals surface area contributed by atoms with Crippen molar-refractivity contribution in [3.05, 3.63) is 59.7 Å². The molecule has 0 heterocycles. The predicted octanol–water partition coefficient (Wildman–Crippen LogP) is 2.70. The normalized spacial score (nSPS) is 18.7. The van der Waals surface area contributed by atoms with E-state index in [-0.39, 0.29) is 40.9 Å². The van der Waals surface area contributed by atoms with Gasteiger partial charge in [-0.05, 0) is 44.0 Å². The van der Waals surface area contributed by atoms with Crippen LogP contribution >= 0.6 is 0 Å². The molecule has 6 nitrogen and oxygen atoms in total. The first-order valence-corrected chi connectivity index (χ1v) is 9.27. The summed E-state index contributed by atoms with van der Waals surface area (Å²) in [5.74, 6) is -0.599. The number of benzene rings is 2. The Labute approximate surface area is 181 Å². The molecule has 0 aliphatic heterocycles. The maximum Gasteiger partial charge on any atom is 0.124 e. The van der Waals surface area contributed by atoms with Gasteiger partial charge in [0.2, 0.25) is 0 Å². The number of nitrogens with zero attached hydrogens (tertiary/aromatic N) is 2. The van der Waals surface area contributed by atoms with Gasteiger partial charge in [-0.3, -0.25) is 9.98 Å². The number of carbonyl (C=O) groups is 1. The zero-order chi connectivity index (χ0) is 20.4. The van der Waals surface area contributed by atoms with Gasteiger partial charge in [-0.25, -0.2) is 0 Å². The van der Waals surface area contributed by atoms with Crippen LogP contribution in [-0.4, -0.2) is 40.7 Å². The number of aliphatic imine (C=N–C) groups is 2. The molecule has 0 bridgehead atoms. The van der Waals surface area contributed by atoms with Crippen LogP contribution in [0.2, 0.25) is 0 Å². The van der Waals surface area contributed by atoms with Crippen molar-refractivity contribution in [2.75, 3.05) is 0 Å². The third-order valence-corrected chi connectivity index (χ3v) is 4.38. The SMILES string of the molecule is CC(=O)[O-].Oc1ccccc1C=NC1CCCCC1N=Cc1ccccc1O.[Cr]. The zero-order valence-corrected chi connectivity index (χ0v) is 17.5. The summed E-state index contributed by atoms with van der Waals surface area (Å²) in [6.07, 6.45) is 7.76. The van der Waals surface area contributed by atoms with Gasteiger partial charge in [0.1, 0.15) is 11.5 Å². The van der Waals surface area contributed by atoms with Crippen LogP contribution in [0, 0.1) is 0 Å². The van der Waals surface area contributed by atoms with E-state index in [1.165, 1.54) is 0 Å². The van der Waals surface area contributed by atoms with Crippen LogP contribution in [0.25, 0.3) is 0 Å². The molecule has 29 heavy (non-hydrogen) atoms. The molecule has 2 aromatic rings. The van der Waals surface area contributed by atoms with Crippen molar-refractivity contribution in [1.82, 2.24) is 0 Å². The monoisotopic (exact) mass is 433 g/mol. The van der Waals surface area contributed by atoms with Crippen molar-refractivity contribution in [2.45, 2.75) is 44.7 Å². The van der Waals surface area contributed by atoms with E-state index in [0.29, 0.717) is 0 Å². The van der Waals surface area contributed by atoms with Crippen molar-refractivity contribution in [2.24, 2.45) is 9.98 Å². The molecule has 3 rings (SSSR count). The van der Waals surface area contributed by atoms with Gasteiger partial charge in [-0.15, -0.1) is 0 Å². The quantitative estimate of drug-likeness (QED) is 0.723. The third kappa shape index (κ3) is 8.51. The molecule has 154 valence electrons. The fraction of sp³-hybridized carbons (Fsp3) is 0.318. The molecule has 0 saturated heterocycles. The van der Waals surface area contributed by atoms with E-state index < -0.39 is 5.97 Å². The Hall–Kier alpha value is -2.62. The van der Waals surface area contributed by atoms with Crippen LogP contribution in [0.3, 0.4) is 0 Å². The summed E-state index contributed by atoms with van der Waals surface area (Å²) in [6.45, 7) is 0.972. The number of phenols is 2. The maximum atomic E-state index is 9.84.